The minimum absolute atomic E-state index is 0.0121. The average molecular weight is 202 g/mol. The van der Waals surface area contributed by atoms with E-state index in [0.717, 1.165) is 0 Å². The van der Waals surface area contributed by atoms with Gasteiger partial charge in [0.1, 0.15) is 11.6 Å². The van der Waals surface area contributed by atoms with Gasteiger partial charge in [-0.1, -0.05) is 0 Å². The summed E-state index contributed by atoms with van der Waals surface area (Å²) in [5.74, 6) is 0.621. The maximum atomic E-state index is 11.0. The highest BCUT2D eigenvalue weighted by Gasteiger charge is 2.11. The lowest BCUT2D eigenvalue weighted by atomic mass is 10.4. The van der Waals surface area contributed by atoms with Gasteiger partial charge in [0.05, 0.1) is 0 Å². The van der Waals surface area contributed by atoms with Gasteiger partial charge >= 0.3 is 0 Å². The number of nitrogens with zero attached hydrogens (tertiary/aromatic N) is 2. The number of imidazole rings is 1. The third-order valence-electron chi connectivity index (χ3n) is 1.70. The monoisotopic (exact) mass is 202 g/mol. The van der Waals surface area contributed by atoms with Crippen molar-refractivity contribution in [3.8, 4) is 0 Å². The first kappa shape index (κ1) is 10.2. The molecule has 0 amide bonds. The van der Waals surface area contributed by atoms with Crippen LogP contribution in [0.1, 0.15) is 25.7 Å². The van der Waals surface area contributed by atoms with Crippen molar-refractivity contribution < 1.29 is 8.42 Å². The van der Waals surface area contributed by atoms with E-state index in [1.165, 1.54) is 6.26 Å². The standard InChI is InChI=1S/C8H14N2O2S/c1-7(2)10-5-4-9-8(10)6-13(3,11)12/h4-5,7H,6H2,1-3H3. The molecular formula is C8H14N2O2S. The predicted molar refractivity (Wildman–Crippen MR) is 51.2 cm³/mol. The Balaban J connectivity index is 2.96. The van der Waals surface area contributed by atoms with Crippen molar-refractivity contribution in [1.29, 1.82) is 0 Å². The van der Waals surface area contributed by atoms with Gasteiger partial charge in [0.25, 0.3) is 0 Å². The zero-order chi connectivity index (χ0) is 10.1. The van der Waals surface area contributed by atoms with Crippen LogP contribution in [0.5, 0.6) is 0 Å². The van der Waals surface area contributed by atoms with Crippen molar-refractivity contribution >= 4 is 9.84 Å². The first-order valence-electron chi connectivity index (χ1n) is 4.09. The second kappa shape index (κ2) is 3.49. The van der Waals surface area contributed by atoms with Gasteiger partial charge in [-0.25, -0.2) is 13.4 Å². The highest BCUT2D eigenvalue weighted by molar-refractivity contribution is 7.89. The Kier molecular flexibility index (Phi) is 2.75. The lowest BCUT2D eigenvalue weighted by Gasteiger charge is -2.10. The summed E-state index contributed by atoms with van der Waals surface area (Å²) in [5.41, 5.74) is 0. The van der Waals surface area contributed by atoms with Crippen molar-refractivity contribution in [3.63, 3.8) is 0 Å². The van der Waals surface area contributed by atoms with Gasteiger partial charge in [-0.15, -0.1) is 0 Å². The molecule has 1 aromatic rings. The van der Waals surface area contributed by atoms with E-state index in [4.69, 9.17) is 0 Å². The maximum absolute atomic E-state index is 11.0. The summed E-state index contributed by atoms with van der Waals surface area (Å²) in [4.78, 5) is 4.01. The van der Waals surface area contributed by atoms with Gasteiger partial charge in [0.2, 0.25) is 0 Å². The van der Waals surface area contributed by atoms with E-state index in [-0.39, 0.29) is 11.8 Å². The Morgan fingerprint density at radius 3 is 2.62 bits per heavy atom. The van der Waals surface area contributed by atoms with E-state index < -0.39 is 9.84 Å². The quantitative estimate of drug-likeness (QED) is 0.735. The van der Waals surface area contributed by atoms with E-state index in [1.807, 2.05) is 18.4 Å². The Morgan fingerprint density at radius 2 is 2.15 bits per heavy atom. The molecule has 0 radical (unpaired) electrons. The summed E-state index contributed by atoms with van der Waals surface area (Å²) in [5, 5.41) is 0. The molecule has 0 unspecified atom stereocenters. The van der Waals surface area contributed by atoms with Gasteiger partial charge in [-0.05, 0) is 13.8 Å². The number of sulfone groups is 1. The first-order valence-corrected chi connectivity index (χ1v) is 6.15. The van der Waals surface area contributed by atoms with Gasteiger partial charge in [-0.2, -0.15) is 0 Å². The molecule has 0 aliphatic heterocycles. The molecule has 0 spiro atoms. The second-order valence-corrected chi connectivity index (χ2v) is 5.55. The molecule has 1 heterocycles. The molecule has 0 aliphatic rings. The van der Waals surface area contributed by atoms with Crippen molar-refractivity contribution in [3.05, 3.63) is 18.2 Å². The summed E-state index contributed by atoms with van der Waals surface area (Å²) >= 11 is 0. The van der Waals surface area contributed by atoms with Crippen LogP contribution in [0.3, 0.4) is 0 Å². The number of hydrogen-bond donors (Lipinski definition) is 0. The molecule has 0 atom stereocenters. The molecule has 1 rings (SSSR count). The summed E-state index contributed by atoms with van der Waals surface area (Å²) in [6, 6.07) is 0.249. The van der Waals surface area contributed by atoms with Crippen molar-refractivity contribution in [2.75, 3.05) is 6.26 Å². The number of aromatic nitrogens is 2. The van der Waals surface area contributed by atoms with Crippen LogP contribution in [0, 0.1) is 0 Å². The van der Waals surface area contributed by atoms with Crippen LogP contribution in [0.25, 0.3) is 0 Å². The summed E-state index contributed by atoms with van der Waals surface area (Å²) < 4.78 is 23.9. The molecule has 1 aromatic heterocycles. The molecule has 0 saturated carbocycles. The molecule has 0 aliphatic carbocycles. The third-order valence-corrected chi connectivity index (χ3v) is 2.48. The highest BCUT2D eigenvalue weighted by Crippen LogP contribution is 2.10. The third kappa shape index (κ3) is 2.84. The van der Waals surface area contributed by atoms with E-state index in [2.05, 4.69) is 4.98 Å². The van der Waals surface area contributed by atoms with Gasteiger partial charge < -0.3 is 4.57 Å². The molecule has 0 bridgehead atoms. The SMILES string of the molecule is CC(C)n1ccnc1CS(C)(=O)=O. The Hall–Kier alpha value is -0.840. The second-order valence-electron chi connectivity index (χ2n) is 3.41. The lowest BCUT2D eigenvalue weighted by molar-refractivity contribution is 0.568. The number of hydrogen-bond acceptors (Lipinski definition) is 3. The minimum atomic E-state index is -2.99. The van der Waals surface area contributed by atoms with Crippen LogP contribution < -0.4 is 0 Å². The molecule has 13 heavy (non-hydrogen) atoms. The zero-order valence-electron chi connectivity index (χ0n) is 8.06. The molecule has 74 valence electrons. The van der Waals surface area contributed by atoms with E-state index in [0.29, 0.717) is 5.82 Å². The fourth-order valence-electron chi connectivity index (χ4n) is 1.16. The summed E-state index contributed by atoms with van der Waals surface area (Å²) in [6.07, 6.45) is 4.64. The molecule has 4 nitrogen and oxygen atoms in total. The Labute approximate surface area is 78.5 Å². The van der Waals surface area contributed by atoms with Crippen molar-refractivity contribution in [2.24, 2.45) is 0 Å². The normalized spacial score (nSPS) is 12.3. The number of rotatable bonds is 3. The molecule has 5 heteroatoms. The van der Waals surface area contributed by atoms with Crippen molar-refractivity contribution in [2.45, 2.75) is 25.6 Å². The maximum Gasteiger partial charge on any atom is 0.154 e. The van der Waals surface area contributed by atoms with Crippen LogP contribution in [0.15, 0.2) is 12.4 Å². The van der Waals surface area contributed by atoms with Crippen LogP contribution in [0.2, 0.25) is 0 Å². The Bertz CT molecular complexity index is 379. The van der Waals surface area contributed by atoms with Crippen LogP contribution in [0.4, 0.5) is 0 Å². The van der Waals surface area contributed by atoms with Gasteiger partial charge in [-0.3, -0.25) is 0 Å². The fourth-order valence-corrected chi connectivity index (χ4v) is 1.85. The molecule has 0 saturated heterocycles. The smallest absolute Gasteiger partial charge is 0.154 e. The van der Waals surface area contributed by atoms with Crippen LogP contribution in [-0.2, 0) is 15.6 Å². The largest absolute Gasteiger partial charge is 0.332 e. The fraction of sp³-hybridized carbons (Fsp3) is 0.625. The summed E-state index contributed by atoms with van der Waals surface area (Å²) in [7, 11) is -2.99. The van der Waals surface area contributed by atoms with Crippen LogP contribution >= 0.6 is 0 Å². The van der Waals surface area contributed by atoms with E-state index in [9.17, 15) is 8.42 Å². The lowest BCUT2D eigenvalue weighted by Crippen LogP contribution is -2.10. The van der Waals surface area contributed by atoms with Gasteiger partial charge in [0.15, 0.2) is 9.84 Å². The molecule has 0 N–H and O–H groups in total. The minimum Gasteiger partial charge on any atom is -0.332 e. The highest BCUT2D eigenvalue weighted by atomic mass is 32.2. The van der Waals surface area contributed by atoms with Gasteiger partial charge in [0, 0.05) is 24.7 Å². The van der Waals surface area contributed by atoms with Crippen molar-refractivity contribution in [1.82, 2.24) is 9.55 Å². The summed E-state index contributed by atoms with van der Waals surface area (Å²) in [6.45, 7) is 3.99. The molecule has 0 fully saturated rings. The average Bonchev–Trinajstić information content (AvgIpc) is 2.31. The Morgan fingerprint density at radius 1 is 1.54 bits per heavy atom. The van der Waals surface area contributed by atoms with E-state index in [1.54, 1.807) is 12.4 Å². The topological polar surface area (TPSA) is 52.0 Å². The molecule has 0 aromatic carbocycles. The first-order chi connectivity index (χ1) is 5.90. The van der Waals surface area contributed by atoms with Crippen LogP contribution in [-0.4, -0.2) is 24.2 Å². The predicted octanol–water partition coefficient (Wildman–Crippen LogP) is 1.01. The van der Waals surface area contributed by atoms with E-state index >= 15 is 0 Å². The molecular weight excluding hydrogens is 188 g/mol. The zero-order valence-corrected chi connectivity index (χ0v) is 8.87.